The maximum absolute atomic E-state index is 13.2. The molecular formula is C28H25N5O2S. The van der Waals surface area contributed by atoms with Crippen molar-refractivity contribution in [2.75, 3.05) is 5.32 Å². The number of ether oxygens (including phenoxy) is 1. The van der Waals surface area contributed by atoms with Crippen LogP contribution in [0.3, 0.4) is 0 Å². The predicted octanol–water partition coefficient (Wildman–Crippen LogP) is 6.05. The number of hydrogen-bond donors (Lipinski definition) is 1. The van der Waals surface area contributed by atoms with Gasteiger partial charge in [0.05, 0.1) is 10.6 Å². The van der Waals surface area contributed by atoms with Gasteiger partial charge in [0.15, 0.2) is 11.0 Å². The molecule has 36 heavy (non-hydrogen) atoms. The summed E-state index contributed by atoms with van der Waals surface area (Å²) >= 11 is 1.41. The number of carbonyl (C=O) groups excluding carboxylic acids is 1. The number of nitrogens with one attached hydrogen (secondary N) is 1. The molecule has 0 saturated heterocycles. The van der Waals surface area contributed by atoms with Crippen molar-refractivity contribution in [2.45, 2.75) is 20.5 Å². The van der Waals surface area contributed by atoms with E-state index in [0.29, 0.717) is 17.3 Å². The minimum atomic E-state index is -0.222. The lowest BCUT2D eigenvalue weighted by atomic mass is 10.1. The molecule has 3 heterocycles. The highest BCUT2D eigenvalue weighted by atomic mass is 32.1. The van der Waals surface area contributed by atoms with Crippen LogP contribution < -0.4 is 10.1 Å². The normalized spacial score (nSPS) is 10.9. The highest BCUT2D eigenvalue weighted by Crippen LogP contribution is 2.38. The SMILES string of the molecule is Cc1cc(C(=O)Nc2nc(-c3ccccc3)c(-c3nccn3C)s2)cc(C)c1OCc1cccnc1. The molecule has 180 valence electrons. The highest BCUT2D eigenvalue weighted by Gasteiger charge is 2.20. The molecule has 0 aliphatic carbocycles. The Morgan fingerprint density at radius 1 is 1.06 bits per heavy atom. The largest absolute Gasteiger partial charge is 0.488 e. The van der Waals surface area contributed by atoms with E-state index in [-0.39, 0.29) is 5.91 Å². The minimum Gasteiger partial charge on any atom is -0.488 e. The molecule has 5 aromatic rings. The Labute approximate surface area is 213 Å². The Balaban J connectivity index is 1.39. The topological polar surface area (TPSA) is 81.9 Å². The zero-order valence-electron chi connectivity index (χ0n) is 20.2. The highest BCUT2D eigenvalue weighted by molar-refractivity contribution is 7.19. The van der Waals surface area contributed by atoms with Crippen LogP contribution in [0.4, 0.5) is 5.13 Å². The number of anilines is 1. The number of aryl methyl sites for hydroxylation is 3. The molecule has 1 amide bonds. The number of benzene rings is 2. The first-order chi connectivity index (χ1) is 17.5. The van der Waals surface area contributed by atoms with Crippen LogP contribution in [0.1, 0.15) is 27.0 Å². The number of thiazole rings is 1. The fourth-order valence-electron chi connectivity index (χ4n) is 4.02. The van der Waals surface area contributed by atoms with Crippen molar-refractivity contribution >= 4 is 22.4 Å². The minimum absolute atomic E-state index is 0.222. The van der Waals surface area contributed by atoms with Gasteiger partial charge >= 0.3 is 0 Å². The van der Waals surface area contributed by atoms with Crippen LogP contribution in [-0.2, 0) is 13.7 Å². The first kappa shape index (κ1) is 23.4. The van der Waals surface area contributed by atoms with Crippen molar-refractivity contribution in [2.24, 2.45) is 7.05 Å². The molecule has 0 radical (unpaired) electrons. The lowest BCUT2D eigenvalue weighted by Crippen LogP contribution is -2.12. The van der Waals surface area contributed by atoms with Crippen molar-refractivity contribution in [3.8, 4) is 27.7 Å². The first-order valence-corrected chi connectivity index (χ1v) is 12.3. The molecule has 0 bridgehead atoms. The zero-order chi connectivity index (χ0) is 25.1. The van der Waals surface area contributed by atoms with Gasteiger partial charge in [-0.25, -0.2) is 9.97 Å². The Morgan fingerprint density at radius 2 is 1.83 bits per heavy atom. The van der Waals surface area contributed by atoms with Crippen LogP contribution >= 0.6 is 11.3 Å². The lowest BCUT2D eigenvalue weighted by Gasteiger charge is -2.14. The molecule has 0 unspecified atom stereocenters. The third-order valence-corrected chi connectivity index (χ3v) is 6.71. The van der Waals surface area contributed by atoms with E-state index < -0.39 is 0 Å². The molecule has 0 atom stereocenters. The first-order valence-electron chi connectivity index (χ1n) is 11.5. The smallest absolute Gasteiger partial charge is 0.257 e. The number of imidazole rings is 1. The monoisotopic (exact) mass is 495 g/mol. The number of amides is 1. The van der Waals surface area contributed by atoms with E-state index in [1.165, 1.54) is 11.3 Å². The Morgan fingerprint density at radius 3 is 2.50 bits per heavy atom. The molecule has 0 aliphatic heterocycles. The van der Waals surface area contributed by atoms with E-state index in [4.69, 9.17) is 9.72 Å². The summed E-state index contributed by atoms with van der Waals surface area (Å²) in [5, 5.41) is 3.50. The van der Waals surface area contributed by atoms with Crippen LogP contribution in [0.25, 0.3) is 22.0 Å². The number of pyridine rings is 1. The van der Waals surface area contributed by atoms with Gasteiger partial charge in [-0.1, -0.05) is 47.7 Å². The second kappa shape index (κ2) is 10.1. The maximum Gasteiger partial charge on any atom is 0.257 e. The summed E-state index contributed by atoms with van der Waals surface area (Å²) in [5.74, 6) is 1.35. The van der Waals surface area contributed by atoms with Crippen molar-refractivity contribution < 1.29 is 9.53 Å². The fourth-order valence-corrected chi connectivity index (χ4v) is 5.04. The van der Waals surface area contributed by atoms with Gasteiger partial charge < -0.3 is 9.30 Å². The van der Waals surface area contributed by atoms with Crippen LogP contribution in [0, 0.1) is 13.8 Å². The molecular weight excluding hydrogens is 470 g/mol. The summed E-state index contributed by atoms with van der Waals surface area (Å²) in [7, 11) is 1.94. The zero-order valence-corrected chi connectivity index (χ0v) is 21.0. The van der Waals surface area contributed by atoms with Gasteiger partial charge in [0, 0.05) is 48.5 Å². The third kappa shape index (κ3) is 4.89. The van der Waals surface area contributed by atoms with Gasteiger partial charge in [0.1, 0.15) is 12.4 Å². The van der Waals surface area contributed by atoms with Gasteiger partial charge in [0.25, 0.3) is 5.91 Å². The summed E-state index contributed by atoms with van der Waals surface area (Å²) < 4.78 is 7.98. The Kier molecular flexibility index (Phi) is 6.60. The summed E-state index contributed by atoms with van der Waals surface area (Å²) in [4.78, 5) is 27.5. The van der Waals surface area contributed by atoms with E-state index in [9.17, 15) is 4.79 Å². The number of carbonyl (C=O) groups is 1. The van der Waals surface area contributed by atoms with Crippen LogP contribution in [-0.4, -0.2) is 25.4 Å². The summed E-state index contributed by atoms with van der Waals surface area (Å²) in [6.45, 7) is 4.30. The molecule has 5 rings (SSSR count). The van der Waals surface area contributed by atoms with Gasteiger partial charge in [-0.15, -0.1) is 0 Å². The fraction of sp³-hybridized carbons (Fsp3) is 0.143. The maximum atomic E-state index is 13.2. The second-order valence-corrected chi connectivity index (χ2v) is 9.47. The molecule has 7 nitrogen and oxygen atoms in total. The number of hydrogen-bond acceptors (Lipinski definition) is 6. The lowest BCUT2D eigenvalue weighted by molar-refractivity contribution is 0.102. The van der Waals surface area contributed by atoms with E-state index in [0.717, 1.165) is 44.4 Å². The standard InChI is InChI=1S/C28H25N5O2S/c1-18-14-22(15-19(2)24(18)35-17-20-8-7-11-29-16-20)27(34)32-28-31-23(21-9-5-4-6-10-21)25(36-28)26-30-12-13-33(26)3/h4-16H,17H2,1-3H3,(H,31,32,34). The number of nitrogens with zero attached hydrogens (tertiary/aromatic N) is 4. The predicted molar refractivity (Wildman–Crippen MR) is 142 cm³/mol. The average Bonchev–Trinajstić information content (AvgIpc) is 3.50. The molecule has 1 N–H and O–H groups in total. The number of aromatic nitrogens is 4. The van der Waals surface area contributed by atoms with E-state index in [2.05, 4.69) is 15.3 Å². The molecule has 8 heteroatoms. The van der Waals surface area contributed by atoms with E-state index >= 15 is 0 Å². The molecule has 0 spiro atoms. The van der Waals surface area contributed by atoms with E-state index in [1.54, 1.807) is 18.6 Å². The third-order valence-electron chi connectivity index (χ3n) is 5.75. The van der Waals surface area contributed by atoms with Gasteiger partial charge in [-0.05, 0) is 43.2 Å². The van der Waals surface area contributed by atoms with Crippen molar-refractivity contribution in [3.63, 3.8) is 0 Å². The summed E-state index contributed by atoms with van der Waals surface area (Å²) in [6, 6.07) is 17.4. The average molecular weight is 496 g/mol. The van der Waals surface area contributed by atoms with Crippen molar-refractivity contribution in [1.29, 1.82) is 0 Å². The molecule has 0 fully saturated rings. The van der Waals surface area contributed by atoms with Gasteiger partial charge in [-0.3, -0.25) is 15.1 Å². The molecule has 0 aliphatic rings. The number of rotatable bonds is 7. The Bertz CT molecular complexity index is 1490. The van der Waals surface area contributed by atoms with Crippen LogP contribution in [0.15, 0.2) is 79.4 Å². The molecule has 0 saturated carbocycles. The quantitative estimate of drug-likeness (QED) is 0.297. The van der Waals surface area contributed by atoms with Gasteiger partial charge in [-0.2, -0.15) is 0 Å². The molecule has 3 aromatic heterocycles. The second-order valence-electron chi connectivity index (χ2n) is 8.47. The van der Waals surface area contributed by atoms with Gasteiger partial charge in [0.2, 0.25) is 0 Å². The summed E-state index contributed by atoms with van der Waals surface area (Å²) in [5.41, 5.74) is 5.07. The van der Waals surface area contributed by atoms with E-state index in [1.807, 2.05) is 86.3 Å². The van der Waals surface area contributed by atoms with Crippen molar-refractivity contribution in [3.05, 3.63) is 102 Å². The van der Waals surface area contributed by atoms with Crippen molar-refractivity contribution in [1.82, 2.24) is 19.5 Å². The Hall–Kier alpha value is -4.30. The molecule has 2 aromatic carbocycles. The van der Waals surface area contributed by atoms with Crippen LogP contribution in [0.2, 0.25) is 0 Å². The van der Waals surface area contributed by atoms with Crippen LogP contribution in [0.5, 0.6) is 5.75 Å². The summed E-state index contributed by atoms with van der Waals surface area (Å²) in [6.07, 6.45) is 7.17.